The Labute approximate surface area is 235 Å². The van der Waals surface area contributed by atoms with E-state index in [1.807, 2.05) is 0 Å². The molecule has 0 unspecified atom stereocenters. The van der Waals surface area contributed by atoms with E-state index in [2.05, 4.69) is 10.5 Å². The molecule has 0 saturated carbocycles. The normalized spacial score (nSPS) is 11.9. The van der Waals surface area contributed by atoms with Gasteiger partial charge in [0.15, 0.2) is 0 Å². The largest absolute Gasteiger partial charge is 0.455 e. The number of furan rings is 1. The summed E-state index contributed by atoms with van der Waals surface area (Å²) in [7, 11) is -4.54. The number of amides is 1. The number of anilines is 1. The Balaban J connectivity index is 1.55. The van der Waals surface area contributed by atoms with Crippen molar-refractivity contribution in [3.63, 3.8) is 0 Å². The van der Waals surface area contributed by atoms with Crippen molar-refractivity contribution >= 4 is 45.1 Å². The van der Waals surface area contributed by atoms with Crippen LogP contribution in [-0.2, 0) is 21.0 Å². The van der Waals surface area contributed by atoms with E-state index in [1.54, 1.807) is 12.1 Å². The average molecular weight is 607 g/mol. The van der Waals surface area contributed by atoms with Crippen molar-refractivity contribution in [1.29, 1.82) is 0 Å². The quantitative estimate of drug-likeness (QED) is 0.144. The van der Waals surface area contributed by atoms with Crippen LogP contribution >= 0.6 is 11.6 Å². The van der Waals surface area contributed by atoms with Crippen LogP contribution in [0.3, 0.4) is 0 Å². The summed E-state index contributed by atoms with van der Waals surface area (Å²) < 4.78 is 73.0. The van der Waals surface area contributed by atoms with Crippen LogP contribution in [0.25, 0.3) is 11.3 Å². The monoisotopic (exact) mass is 606 g/mol. The van der Waals surface area contributed by atoms with E-state index in [9.17, 15) is 36.5 Å². The smallest absolute Gasteiger partial charge is 0.416 e. The van der Waals surface area contributed by atoms with Gasteiger partial charge in [-0.15, -0.1) is 0 Å². The number of nitrogens with one attached hydrogen (secondary N) is 1. The Morgan fingerprint density at radius 3 is 2.37 bits per heavy atom. The van der Waals surface area contributed by atoms with Gasteiger partial charge in [0, 0.05) is 17.7 Å². The molecule has 0 fully saturated rings. The number of hydrogen-bond donors (Lipinski definition) is 1. The molecule has 15 heteroatoms. The summed E-state index contributed by atoms with van der Waals surface area (Å²) in [6.07, 6.45) is -3.69. The molecule has 1 heterocycles. The fourth-order valence-corrected chi connectivity index (χ4v) is 5.28. The maximum Gasteiger partial charge on any atom is 0.416 e. The molecule has 0 radical (unpaired) electrons. The highest BCUT2D eigenvalue weighted by atomic mass is 35.5. The van der Waals surface area contributed by atoms with Crippen molar-refractivity contribution in [3.05, 3.63) is 111 Å². The molecular formula is C26H18ClF3N4O6S. The minimum Gasteiger partial charge on any atom is -0.455 e. The molecule has 41 heavy (non-hydrogen) atoms. The van der Waals surface area contributed by atoms with Gasteiger partial charge in [-0.25, -0.2) is 13.8 Å². The first-order chi connectivity index (χ1) is 19.4. The van der Waals surface area contributed by atoms with Gasteiger partial charge in [-0.05, 0) is 54.6 Å². The van der Waals surface area contributed by atoms with Crippen LogP contribution in [0.5, 0.6) is 0 Å². The lowest BCUT2D eigenvalue weighted by molar-refractivity contribution is -0.384. The summed E-state index contributed by atoms with van der Waals surface area (Å²) in [5.41, 5.74) is 0.841. The third-order valence-corrected chi connectivity index (χ3v) is 7.62. The minimum absolute atomic E-state index is 0.0976. The van der Waals surface area contributed by atoms with Crippen molar-refractivity contribution in [1.82, 2.24) is 5.43 Å². The number of carbonyl (C=O) groups is 1. The predicted octanol–water partition coefficient (Wildman–Crippen LogP) is 5.87. The summed E-state index contributed by atoms with van der Waals surface area (Å²) in [5.74, 6) is -0.461. The number of hydrogen-bond acceptors (Lipinski definition) is 7. The highest BCUT2D eigenvalue weighted by Gasteiger charge is 2.34. The van der Waals surface area contributed by atoms with Gasteiger partial charge in [-0.1, -0.05) is 29.8 Å². The van der Waals surface area contributed by atoms with Gasteiger partial charge in [0.05, 0.1) is 32.3 Å². The van der Waals surface area contributed by atoms with Crippen molar-refractivity contribution in [2.24, 2.45) is 5.10 Å². The Bertz CT molecular complexity index is 1710. The molecule has 10 nitrogen and oxygen atoms in total. The zero-order chi connectivity index (χ0) is 29.8. The van der Waals surface area contributed by atoms with Crippen molar-refractivity contribution < 1.29 is 35.7 Å². The van der Waals surface area contributed by atoms with Crippen molar-refractivity contribution in [2.75, 3.05) is 10.8 Å². The van der Waals surface area contributed by atoms with Crippen LogP contribution in [0.4, 0.5) is 24.5 Å². The molecule has 4 aromatic rings. The second kappa shape index (κ2) is 11.8. The predicted molar refractivity (Wildman–Crippen MR) is 144 cm³/mol. The number of nitrogens with zero attached hydrogens (tertiary/aromatic N) is 3. The standard InChI is InChI=1S/C26H18ClF3N4O6S/c27-22-12-8-18(26(28,29)30)14-23(22)33(41(38,39)21-4-2-1-3-5-21)16-25(35)32-31-15-20-11-13-24(40-20)17-6-9-19(10-7-17)34(36)37/h1-15H,16H2,(H,32,35)/b31-15+. The van der Waals surface area contributed by atoms with E-state index < -0.39 is 44.8 Å². The van der Waals surface area contributed by atoms with Crippen LogP contribution in [0.1, 0.15) is 11.3 Å². The van der Waals surface area contributed by atoms with E-state index in [4.69, 9.17) is 16.0 Å². The van der Waals surface area contributed by atoms with Gasteiger partial charge in [-0.3, -0.25) is 19.2 Å². The van der Waals surface area contributed by atoms with E-state index in [-0.39, 0.29) is 21.4 Å². The number of hydrazone groups is 1. The van der Waals surface area contributed by atoms with E-state index in [0.717, 1.165) is 12.3 Å². The summed E-state index contributed by atoms with van der Waals surface area (Å²) in [6, 6.07) is 17.6. The Kier molecular flexibility index (Phi) is 8.44. The fraction of sp³-hybridized carbons (Fsp3) is 0.0769. The summed E-state index contributed by atoms with van der Waals surface area (Å²) in [6.45, 7) is -0.957. The van der Waals surface area contributed by atoms with E-state index >= 15 is 0 Å². The number of nitro groups is 1. The number of nitro benzene ring substituents is 1. The number of sulfonamides is 1. The van der Waals surface area contributed by atoms with Crippen LogP contribution in [0.15, 0.2) is 99.3 Å². The molecule has 0 spiro atoms. The summed E-state index contributed by atoms with van der Waals surface area (Å²) in [4.78, 5) is 22.7. The zero-order valence-corrected chi connectivity index (χ0v) is 22.2. The van der Waals surface area contributed by atoms with E-state index in [0.29, 0.717) is 27.8 Å². The lowest BCUT2D eigenvalue weighted by Crippen LogP contribution is -2.39. The number of carbonyl (C=O) groups excluding carboxylic acids is 1. The third kappa shape index (κ3) is 6.91. The second-order valence-electron chi connectivity index (χ2n) is 8.29. The molecule has 3 aromatic carbocycles. The molecule has 1 N–H and O–H groups in total. The summed E-state index contributed by atoms with van der Waals surface area (Å²) >= 11 is 6.10. The second-order valence-corrected chi connectivity index (χ2v) is 10.6. The van der Waals surface area contributed by atoms with Crippen LogP contribution in [0.2, 0.25) is 5.02 Å². The lowest BCUT2D eigenvalue weighted by Gasteiger charge is -2.25. The minimum atomic E-state index is -4.80. The van der Waals surface area contributed by atoms with Crippen molar-refractivity contribution in [2.45, 2.75) is 11.1 Å². The molecule has 1 aromatic heterocycles. The maximum atomic E-state index is 13.4. The molecule has 0 saturated heterocycles. The number of non-ortho nitro benzene ring substituents is 1. The highest BCUT2D eigenvalue weighted by Crippen LogP contribution is 2.37. The van der Waals surface area contributed by atoms with Gasteiger partial charge in [0.2, 0.25) is 0 Å². The Morgan fingerprint density at radius 1 is 1.05 bits per heavy atom. The van der Waals surface area contributed by atoms with Crippen LogP contribution < -0.4 is 9.73 Å². The zero-order valence-electron chi connectivity index (χ0n) is 20.6. The van der Waals surface area contributed by atoms with Gasteiger partial charge in [0.25, 0.3) is 21.6 Å². The first-order valence-corrected chi connectivity index (χ1v) is 13.3. The molecule has 0 atom stereocenters. The van der Waals surface area contributed by atoms with Gasteiger partial charge < -0.3 is 4.42 Å². The Morgan fingerprint density at radius 2 is 1.73 bits per heavy atom. The number of rotatable bonds is 9. The molecule has 0 aliphatic carbocycles. The molecular weight excluding hydrogens is 589 g/mol. The number of halogens is 4. The molecule has 0 aliphatic rings. The number of alkyl halides is 3. The fourth-order valence-electron chi connectivity index (χ4n) is 3.56. The summed E-state index contributed by atoms with van der Waals surface area (Å²) in [5, 5.41) is 14.2. The van der Waals surface area contributed by atoms with Crippen LogP contribution in [-0.4, -0.2) is 32.0 Å². The molecule has 1 amide bonds. The van der Waals surface area contributed by atoms with Gasteiger partial charge in [-0.2, -0.15) is 18.3 Å². The first-order valence-electron chi connectivity index (χ1n) is 11.5. The Hall–Kier alpha value is -4.69. The first kappa shape index (κ1) is 29.3. The van der Waals surface area contributed by atoms with Crippen LogP contribution in [0, 0.1) is 10.1 Å². The van der Waals surface area contributed by atoms with Gasteiger partial charge >= 0.3 is 6.18 Å². The number of benzene rings is 3. The average Bonchev–Trinajstić information content (AvgIpc) is 3.41. The topological polar surface area (TPSA) is 135 Å². The molecule has 212 valence electrons. The maximum absolute atomic E-state index is 13.4. The third-order valence-electron chi connectivity index (χ3n) is 5.53. The van der Waals surface area contributed by atoms with Gasteiger partial charge in [0.1, 0.15) is 18.1 Å². The molecule has 0 aliphatic heterocycles. The van der Waals surface area contributed by atoms with Crippen molar-refractivity contribution in [3.8, 4) is 11.3 Å². The van der Waals surface area contributed by atoms with E-state index in [1.165, 1.54) is 54.6 Å². The highest BCUT2D eigenvalue weighted by molar-refractivity contribution is 7.92. The lowest BCUT2D eigenvalue weighted by atomic mass is 10.1. The SMILES string of the molecule is O=C(CN(c1cc(C(F)(F)F)ccc1Cl)S(=O)(=O)c1ccccc1)N/N=C/c1ccc(-c2ccc([N+](=O)[O-])cc2)o1. The molecule has 0 bridgehead atoms. The molecule has 4 rings (SSSR count).